The van der Waals surface area contributed by atoms with E-state index in [-0.39, 0.29) is 0 Å². The van der Waals surface area contributed by atoms with Gasteiger partial charge in [0.2, 0.25) is 0 Å². The summed E-state index contributed by atoms with van der Waals surface area (Å²) in [6, 6.07) is 10.7. The lowest BCUT2D eigenvalue weighted by atomic mass is 10.2. The summed E-state index contributed by atoms with van der Waals surface area (Å²) in [6.07, 6.45) is 4.85. The van der Waals surface area contributed by atoms with Crippen LogP contribution in [0.25, 0.3) is 0 Å². The average molecular weight is 298 g/mol. The maximum absolute atomic E-state index is 5.91. The average Bonchev–Trinajstić information content (AvgIpc) is 3.27. The number of aromatic nitrogens is 1. The molecule has 22 heavy (non-hydrogen) atoms. The Hall–Kier alpha value is -2.07. The van der Waals surface area contributed by atoms with Crippen LogP contribution in [0, 0.1) is 5.92 Å². The predicted octanol–water partition coefficient (Wildman–Crippen LogP) is 3.17. The number of hydrogen-bond donors (Lipinski definition) is 1. The second kappa shape index (κ2) is 6.79. The van der Waals surface area contributed by atoms with Crippen molar-refractivity contribution in [3.63, 3.8) is 0 Å². The SMILES string of the molecule is COc1ccc(CNC2CC2C)cc1OCc1cccnc1. The molecule has 1 aliphatic rings. The van der Waals surface area contributed by atoms with Crippen LogP contribution in [0.4, 0.5) is 0 Å². The van der Waals surface area contributed by atoms with E-state index in [9.17, 15) is 0 Å². The molecular weight excluding hydrogens is 276 g/mol. The Labute approximate surface area is 131 Å². The molecule has 116 valence electrons. The first kappa shape index (κ1) is 14.9. The first-order chi connectivity index (χ1) is 10.8. The van der Waals surface area contributed by atoms with E-state index >= 15 is 0 Å². The highest BCUT2D eigenvalue weighted by Gasteiger charge is 2.31. The molecule has 0 aliphatic heterocycles. The quantitative estimate of drug-likeness (QED) is 0.852. The van der Waals surface area contributed by atoms with Crippen LogP contribution < -0.4 is 14.8 Å². The monoisotopic (exact) mass is 298 g/mol. The number of pyridine rings is 1. The molecular formula is C18H22N2O2. The summed E-state index contributed by atoms with van der Waals surface area (Å²) in [4.78, 5) is 4.10. The van der Waals surface area contributed by atoms with Crippen molar-refractivity contribution in [2.75, 3.05) is 7.11 Å². The molecule has 2 aromatic rings. The van der Waals surface area contributed by atoms with Gasteiger partial charge in [0.1, 0.15) is 6.61 Å². The second-order valence-corrected chi connectivity index (χ2v) is 5.84. The normalized spacial score (nSPS) is 19.7. The number of rotatable bonds is 7. The zero-order valence-corrected chi connectivity index (χ0v) is 13.1. The minimum absolute atomic E-state index is 0.487. The predicted molar refractivity (Wildman–Crippen MR) is 86.0 cm³/mol. The van der Waals surface area contributed by atoms with Crippen molar-refractivity contribution in [2.45, 2.75) is 32.5 Å². The minimum atomic E-state index is 0.487. The second-order valence-electron chi connectivity index (χ2n) is 5.84. The van der Waals surface area contributed by atoms with E-state index in [1.165, 1.54) is 12.0 Å². The van der Waals surface area contributed by atoms with E-state index in [4.69, 9.17) is 9.47 Å². The molecule has 2 atom stereocenters. The van der Waals surface area contributed by atoms with Gasteiger partial charge in [-0.15, -0.1) is 0 Å². The van der Waals surface area contributed by atoms with Crippen molar-refractivity contribution < 1.29 is 9.47 Å². The van der Waals surface area contributed by atoms with Gasteiger partial charge in [0.15, 0.2) is 11.5 Å². The number of nitrogens with one attached hydrogen (secondary N) is 1. The van der Waals surface area contributed by atoms with Crippen LogP contribution in [0.1, 0.15) is 24.5 Å². The highest BCUT2D eigenvalue weighted by Crippen LogP contribution is 2.31. The fraction of sp³-hybridized carbons (Fsp3) is 0.389. The Bertz CT molecular complexity index is 616. The van der Waals surface area contributed by atoms with Crippen LogP contribution in [0.15, 0.2) is 42.7 Å². The maximum Gasteiger partial charge on any atom is 0.161 e. The van der Waals surface area contributed by atoms with E-state index in [0.717, 1.165) is 29.5 Å². The van der Waals surface area contributed by atoms with Crippen LogP contribution >= 0.6 is 0 Å². The fourth-order valence-electron chi connectivity index (χ4n) is 2.44. The standard InChI is InChI=1S/C18H22N2O2/c1-13-8-16(13)20-11-14-5-6-17(21-2)18(9-14)22-12-15-4-3-7-19-10-15/h3-7,9-10,13,16,20H,8,11-12H2,1-2H3. The largest absolute Gasteiger partial charge is 0.493 e. The van der Waals surface area contributed by atoms with Crippen LogP contribution in [0.3, 0.4) is 0 Å². The van der Waals surface area contributed by atoms with E-state index in [1.54, 1.807) is 13.3 Å². The highest BCUT2D eigenvalue weighted by atomic mass is 16.5. The fourth-order valence-corrected chi connectivity index (χ4v) is 2.44. The Morgan fingerprint density at radius 2 is 2.09 bits per heavy atom. The van der Waals surface area contributed by atoms with E-state index in [2.05, 4.69) is 29.4 Å². The number of ether oxygens (including phenoxy) is 2. The van der Waals surface area contributed by atoms with Gasteiger partial charge in [0, 0.05) is 30.5 Å². The molecule has 1 aromatic heterocycles. The Kier molecular flexibility index (Phi) is 4.59. The summed E-state index contributed by atoms with van der Waals surface area (Å²) in [5.41, 5.74) is 2.25. The topological polar surface area (TPSA) is 43.4 Å². The number of hydrogen-bond acceptors (Lipinski definition) is 4. The molecule has 0 amide bonds. The first-order valence-electron chi connectivity index (χ1n) is 7.68. The first-order valence-corrected chi connectivity index (χ1v) is 7.68. The lowest BCUT2D eigenvalue weighted by Crippen LogP contribution is -2.17. The van der Waals surface area contributed by atoms with Gasteiger partial charge in [-0.2, -0.15) is 0 Å². The van der Waals surface area contributed by atoms with Crippen molar-refractivity contribution in [1.29, 1.82) is 0 Å². The molecule has 0 bridgehead atoms. The molecule has 0 radical (unpaired) electrons. The van der Waals surface area contributed by atoms with Gasteiger partial charge < -0.3 is 14.8 Å². The zero-order valence-electron chi connectivity index (χ0n) is 13.1. The van der Waals surface area contributed by atoms with Crippen LogP contribution in [-0.2, 0) is 13.2 Å². The molecule has 3 rings (SSSR count). The van der Waals surface area contributed by atoms with Crippen LogP contribution in [0.5, 0.6) is 11.5 Å². The molecule has 1 saturated carbocycles. The number of methoxy groups -OCH3 is 1. The third kappa shape index (κ3) is 3.77. The molecule has 1 N–H and O–H groups in total. The Balaban J connectivity index is 1.64. The Morgan fingerprint density at radius 1 is 1.23 bits per heavy atom. The third-order valence-corrected chi connectivity index (χ3v) is 4.02. The molecule has 1 aliphatic carbocycles. The van der Waals surface area contributed by atoms with Gasteiger partial charge in [-0.25, -0.2) is 0 Å². The van der Waals surface area contributed by atoms with E-state index in [0.29, 0.717) is 12.6 Å². The third-order valence-electron chi connectivity index (χ3n) is 4.02. The summed E-state index contributed by atoms with van der Waals surface area (Å²) in [7, 11) is 1.66. The molecule has 4 heteroatoms. The highest BCUT2D eigenvalue weighted by molar-refractivity contribution is 5.43. The van der Waals surface area contributed by atoms with Gasteiger partial charge in [0.05, 0.1) is 7.11 Å². The molecule has 1 aromatic carbocycles. The van der Waals surface area contributed by atoms with Gasteiger partial charge in [-0.05, 0) is 36.1 Å². The number of nitrogens with zero attached hydrogens (tertiary/aromatic N) is 1. The van der Waals surface area contributed by atoms with Crippen molar-refractivity contribution in [3.8, 4) is 11.5 Å². The summed E-state index contributed by atoms with van der Waals surface area (Å²) >= 11 is 0. The van der Waals surface area contributed by atoms with E-state index < -0.39 is 0 Å². The number of benzene rings is 1. The van der Waals surface area contributed by atoms with Gasteiger partial charge >= 0.3 is 0 Å². The molecule has 2 unspecified atom stereocenters. The van der Waals surface area contributed by atoms with Gasteiger partial charge in [0.25, 0.3) is 0 Å². The van der Waals surface area contributed by atoms with Crippen molar-refractivity contribution >= 4 is 0 Å². The van der Waals surface area contributed by atoms with Crippen LogP contribution in [-0.4, -0.2) is 18.1 Å². The molecule has 4 nitrogen and oxygen atoms in total. The van der Waals surface area contributed by atoms with Gasteiger partial charge in [-0.3, -0.25) is 4.98 Å². The lowest BCUT2D eigenvalue weighted by molar-refractivity contribution is 0.283. The van der Waals surface area contributed by atoms with Gasteiger partial charge in [-0.1, -0.05) is 19.1 Å². The summed E-state index contributed by atoms with van der Waals surface area (Å²) in [6.45, 7) is 3.62. The molecule has 1 fully saturated rings. The smallest absolute Gasteiger partial charge is 0.161 e. The zero-order chi connectivity index (χ0) is 15.4. The summed E-state index contributed by atoms with van der Waals surface area (Å²) in [5, 5.41) is 3.55. The Morgan fingerprint density at radius 3 is 2.77 bits per heavy atom. The van der Waals surface area contributed by atoms with Crippen molar-refractivity contribution in [2.24, 2.45) is 5.92 Å². The van der Waals surface area contributed by atoms with Crippen LogP contribution in [0.2, 0.25) is 0 Å². The minimum Gasteiger partial charge on any atom is -0.493 e. The maximum atomic E-state index is 5.91. The van der Waals surface area contributed by atoms with Crippen molar-refractivity contribution in [3.05, 3.63) is 53.9 Å². The molecule has 0 saturated heterocycles. The molecule has 0 spiro atoms. The summed E-state index contributed by atoms with van der Waals surface area (Å²) in [5.74, 6) is 2.33. The lowest BCUT2D eigenvalue weighted by Gasteiger charge is -2.13. The van der Waals surface area contributed by atoms with Crippen molar-refractivity contribution in [1.82, 2.24) is 10.3 Å². The summed E-state index contributed by atoms with van der Waals surface area (Å²) < 4.78 is 11.3. The molecule has 1 heterocycles. The van der Waals surface area contributed by atoms with E-state index in [1.807, 2.05) is 24.4 Å².